The molecule has 178 valence electrons. The predicted octanol–water partition coefficient (Wildman–Crippen LogP) is 5.69. The van der Waals surface area contributed by atoms with Crippen LogP contribution >= 0.6 is 0 Å². The van der Waals surface area contributed by atoms with Crippen molar-refractivity contribution in [3.63, 3.8) is 0 Å². The average molecular weight is 460 g/mol. The summed E-state index contributed by atoms with van der Waals surface area (Å²) in [5, 5.41) is 0. The van der Waals surface area contributed by atoms with Crippen molar-refractivity contribution < 1.29 is 14.3 Å². The van der Waals surface area contributed by atoms with Gasteiger partial charge in [-0.25, -0.2) is 4.79 Å². The molecule has 2 amide bonds. The maximum atomic E-state index is 11.8. The zero-order valence-corrected chi connectivity index (χ0v) is 19.9. The Morgan fingerprint density at radius 3 is 2.32 bits per heavy atom. The molecule has 1 heterocycles. The van der Waals surface area contributed by atoms with Crippen LogP contribution in [0.1, 0.15) is 55.2 Å². The van der Waals surface area contributed by atoms with E-state index in [1.807, 2.05) is 49.6 Å². The minimum Gasteiger partial charge on any atom is -0.493 e. The van der Waals surface area contributed by atoms with Gasteiger partial charge in [0.05, 0.1) is 13.2 Å². The molecule has 1 saturated carbocycles. The van der Waals surface area contributed by atoms with Crippen LogP contribution in [0.5, 0.6) is 11.5 Å². The quantitative estimate of drug-likeness (QED) is 0.446. The van der Waals surface area contributed by atoms with E-state index < -0.39 is 6.03 Å². The molecule has 1 aromatic heterocycles. The molecule has 1 atom stereocenters. The van der Waals surface area contributed by atoms with E-state index in [2.05, 4.69) is 29.2 Å². The lowest BCUT2D eigenvalue weighted by molar-refractivity contribution is 0.200. The minimum absolute atomic E-state index is 0.0944. The molecule has 0 bridgehead atoms. The van der Waals surface area contributed by atoms with Crippen LogP contribution in [0.4, 0.5) is 10.5 Å². The first kappa shape index (κ1) is 23.6. The van der Waals surface area contributed by atoms with Crippen molar-refractivity contribution in [1.29, 1.82) is 0 Å². The molecular weight excluding hydrogens is 426 g/mol. The third-order valence-electron chi connectivity index (χ3n) is 6.56. The number of amides is 2. The van der Waals surface area contributed by atoms with Gasteiger partial charge in [-0.15, -0.1) is 0 Å². The Morgan fingerprint density at radius 1 is 1.03 bits per heavy atom. The maximum absolute atomic E-state index is 11.8. The molecule has 3 aromatic rings. The standard InChI is InChI=1S/C28H33N3O3/c1-3-31(28(29)32)23-11-8-21(9-12-23)25(18-20-14-16-30-17-15-20)22-10-13-26(33-2)27(19-22)34-24-6-4-5-7-24/h8-17,19,24-25H,3-7,18H2,1-2H3,(H2,29,32). The molecule has 4 rings (SSSR count). The number of rotatable bonds is 9. The smallest absolute Gasteiger partial charge is 0.319 e. The Labute approximate surface area is 201 Å². The third kappa shape index (κ3) is 5.50. The number of hydrogen-bond donors (Lipinski definition) is 1. The topological polar surface area (TPSA) is 77.7 Å². The fourth-order valence-corrected chi connectivity index (χ4v) is 4.72. The minimum atomic E-state index is -0.451. The van der Waals surface area contributed by atoms with Gasteiger partial charge in [-0.05, 0) is 92.1 Å². The summed E-state index contributed by atoms with van der Waals surface area (Å²) < 4.78 is 12.0. The van der Waals surface area contributed by atoms with E-state index in [9.17, 15) is 4.79 Å². The Kier molecular flexibility index (Phi) is 7.68. The fourth-order valence-electron chi connectivity index (χ4n) is 4.72. The molecule has 1 fully saturated rings. The molecule has 2 aromatic carbocycles. The lowest BCUT2D eigenvalue weighted by Gasteiger charge is -2.23. The number of hydrogen-bond acceptors (Lipinski definition) is 4. The summed E-state index contributed by atoms with van der Waals surface area (Å²) in [5.74, 6) is 1.65. The van der Waals surface area contributed by atoms with Crippen LogP contribution in [0.15, 0.2) is 67.0 Å². The highest BCUT2D eigenvalue weighted by atomic mass is 16.5. The van der Waals surface area contributed by atoms with E-state index >= 15 is 0 Å². The van der Waals surface area contributed by atoms with Crippen molar-refractivity contribution in [2.75, 3.05) is 18.6 Å². The normalized spacial score (nSPS) is 14.5. The van der Waals surface area contributed by atoms with Crippen molar-refractivity contribution in [2.45, 2.75) is 51.0 Å². The summed E-state index contributed by atoms with van der Waals surface area (Å²) in [4.78, 5) is 17.5. The molecular formula is C28H33N3O3. The number of methoxy groups -OCH3 is 1. The first-order valence-electron chi connectivity index (χ1n) is 12.0. The number of anilines is 1. The number of benzene rings is 2. The van der Waals surface area contributed by atoms with Gasteiger partial charge in [-0.3, -0.25) is 9.88 Å². The van der Waals surface area contributed by atoms with Crippen LogP contribution in [0.2, 0.25) is 0 Å². The van der Waals surface area contributed by atoms with E-state index in [4.69, 9.17) is 15.2 Å². The first-order valence-corrected chi connectivity index (χ1v) is 12.0. The van der Waals surface area contributed by atoms with Gasteiger partial charge in [0.15, 0.2) is 11.5 Å². The van der Waals surface area contributed by atoms with Gasteiger partial charge in [-0.2, -0.15) is 0 Å². The van der Waals surface area contributed by atoms with E-state index in [-0.39, 0.29) is 12.0 Å². The van der Waals surface area contributed by atoms with Gasteiger partial charge in [-0.1, -0.05) is 18.2 Å². The highest BCUT2D eigenvalue weighted by molar-refractivity contribution is 5.90. The zero-order valence-electron chi connectivity index (χ0n) is 19.9. The maximum Gasteiger partial charge on any atom is 0.319 e. The number of ether oxygens (including phenoxy) is 2. The molecule has 34 heavy (non-hydrogen) atoms. The Morgan fingerprint density at radius 2 is 1.71 bits per heavy atom. The van der Waals surface area contributed by atoms with Crippen LogP contribution in [-0.2, 0) is 6.42 Å². The Balaban J connectivity index is 1.69. The summed E-state index contributed by atoms with van der Waals surface area (Å²) >= 11 is 0. The Bertz CT molecular complexity index is 1080. The van der Waals surface area contributed by atoms with Gasteiger partial charge in [0, 0.05) is 30.5 Å². The molecule has 0 saturated heterocycles. The molecule has 0 aliphatic heterocycles. The van der Waals surface area contributed by atoms with Crippen LogP contribution in [0.25, 0.3) is 0 Å². The van der Waals surface area contributed by atoms with Crippen LogP contribution < -0.4 is 20.1 Å². The van der Waals surface area contributed by atoms with Crippen LogP contribution in [-0.4, -0.2) is 30.8 Å². The van der Waals surface area contributed by atoms with Crippen LogP contribution in [0.3, 0.4) is 0 Å². The monoisotopic (exact) mass is 459 g/mol. The SMILES string of the molecule is CCN(C(N)=O)c1ccc(C(Cc2ccncc2)c2ccc(OC)c(OC3CCCC3)c2)cc1. The van der Waals surface area contributed by atoms with Gasteiger partial charge in [0.2, 0.25) is 0 Å². The number of carbonyl (C=O) groups excluding carboxylic acids is 1. The van der Waals surface area contributed by atoms with Gasteiger partial charge in [0.25, 0.3) is 0 Å². The van der Waals surface area contributed by atoms with Gasteiger partial charge >= 0.3 is 6.03 Å². The van der Waals surface area contributed by atoms with E-state index in [0.717, 1.165) is 47.6 Å². The van der Waals surface area contributed by atoms with E-state index in [1.165, 1.54) is 18.4 Å². The van der Waals surface area contributed by atoms with Crippen molar-refractivity contribution in [2.24, 2.45) is 5.73 Å². The number of carbonyl (C=O) groups is 1. The lowest BCUT2D eigenvalue weighted by Crippen LogP contribution is -2.35. The zero-order chi connectivity index (χ0) is 23.9. The number of urea groups is 1. The lowest BCUT2D eigenvalue weighted by atomic mass is 9.86. The summed E-state index contributed by atoms with van der Waals surface area (Å²) in [6.07, 6.45) is 9.30. The van der Waals surface area contributed by atoms with Gasteiger partial charge in [0.1, 0.15) is 0 Å². The number of nitrogens with two attached hydrogens (primary N) is 1. The van der Waals surface area contributed by atoms with Gasteiger partial charge < -0.3 is 15.2 Å². The molecule has 0 spiro atoms. The molecule has 1 unspecified atom stereocenters. The molecule has 2 N–H and O–H groups in total. The fraction of sp³-hybridized carbons (Fsp3) is 0.357. The molecule has 0 radical (unpaired) electrons. The third-order valence-corrected chi connectivity index (χ3v) is 6.56. The second kappa shape index (κ2) is 11.1. The van der Waals surface area contributed by atoms with Crippen LogP contribution in [0, 0.1) is 0 Å². The molecule has 1 aliphatic rings. The number of pyridine rings is 1. The number of nitrogens with zero attached hydrogens (tertiary/aromatic N) is 2. The molecule has 6 nitrogen and oxygen atoms in total. The predicted molar refractivity (Wildman–Crippen MR) is 135 cm³/mol. The molecule has 1 aliphatic carbocycles. The van der Waals surface area contributed by atoms with Crippen molar-refractivity contribution in [3.8, 4) is 11.5 Å². The highest BCUT2D eigenvalue weighted by Gasteiger charge is 2.22. The summed E-state index contributed by atoms with van der Waals surface area (Å²) in [6.45, 7) is 2.43. The second-order valence-electron chi connectivity index (χ2n) is 8.72. The van der Waals surface area contributed by atoms with Crippen molar-refractivity contribution in [3.05, 3.63) is 83.7 Å². The first-order chi connectivity index (χ1) is 16.6. The van der Waals surface area contributed by atoms with E-state index in [0.29, 0.717) is 6.54 Å². The second-order valence-corrected chi connectivity index (χ2v) is 8.72. The summed E-state index contributed by atoms with van der Waals surface area (Å²) in [6, 6.07) is 18.0. The summed E-state index contributed by atoms with van der Waals surface area (Å²) in [7, 11) is 1.68. The van der Waals surface area contributed by atoms with Crippen molar-refractivity contribution >= 4 is 11.7 Å². The summed E-state index contributed by atoms with van der Waals surface area (Å²) in [5.41, 5.74) is 9.83. The number of aromatic nitrogens is 1. The largest absolute Gasteiger partial charge is 0.493 e. The average Bonchev–Trinajstić information content (AvgIpc) is 3.37. The Hall–Kier alpha value is -3.54. The highest BCUT2D eigenvalue weighted by Crippen LogP contribution is 2.37. The van der Waals surface area contributed by atoms with E-state index in [1.54, 1.807) is 12.0 Å². The molecule has 6 heteroatoms. The van der Waals surface area contributed by atoms with Crippen molar-refractivity contribution in [1.82, 2.24) is 4.98 Å². The number of primary amides is 1.